The highest BCUT2D eigenvalue weighted by molar-refractivity contribution is 5.89. The van der Waals surface area contributed by atoms with E-state index < -0.39 is 11.4 Å². The van der Waals surface area contributed by atoms with Crippen LogP contribution in [0.4, 0.5) is 26.6 Å². The number of aromatic nitrogens is 5. The number of hydrogen-bond acceptors (Lipinski definition) is 7. The van der Waals surface area contributed by atoms with Crippen molar-refractivity contribution in [3.05, 3.63) is 24.4 Å². The van der Waals surface area contributed by atoms with E-state index in [4.69, 9.17) is 4.74 Å². The summed E-state index contributed by atoms with van der Waals surface area (Å²) in [5.41, 5.74) is 0.543. The number of amides is 1. The van der Waals surface area contributed by atoms with E-state index in [1.165, 1.54) is 6.20 Å². The Bertz CT molecular complexity index is 1140. The SMILES string of the molecule is CCn1cc(Nc2nc(N[C@H]3CN(C(=O)OC(C)(C)C)CC[C@H]3C)c3c(F)c[nH]c3n2)cn1. The number of ether oxygens (including phenoxy) is 1. The number of nitrogens with one attached hydrogen (secondary N) is 3. The summed E-state index contributed by atoms with van der Waals surface area (Å²) in [5.74, 6) is 0.488. The Kier molecular flexibility index (Phi) is 6.13. The molecular formula is C22H31FN8O2. The number of hydrogen-bond donors (Lipinski definition) is 3. The van der Waals surface area contributed by atoms with Crippen molar-refractivity contribution in [2.24, 2.45) is 5.92 Å². The quantitative estimate of drug-likeness (QED) is 0.527. The summed E-state index contributed by atoms with van der Waals surface area (Å²) in [6.07, 6.45) is 5.24. The number of aryl methyl sites for hydroxylation is 1. The molecule has 0 aliphatic carbocycles. The van der Waals surface area contributed by atoms with Crippen LogP contribution >= 0.6 is 0 Å². The van der Waals surface area contributed by atoms with E-state index in [1.54, 1.807) is 15.8 Å². The molecule has 1 saturated heterocycles. The number of anilines is 3. The number of carbonyl (C=O) groups excluding carboxylic acids is 1. The second-order valence-corrected chi connectivity index (χ2v) is 9.41. The van der Waals surface area contributed by atoms with Crippen LogP contribution in [0.15, 0.2) is 18.6 Å². The third-order valence-corrected chi connectivity index (χ3v) is 5.63. The van der Waals surface area contributed by atoms with E-state index in [0.717, 1.165) is 18.7 Å². The minimum absolute atomic E-state index is 0.130. The summed E-state index contributed by atoms with van der Waals surface area (Å²) in [6.45, 7) is 11.4. The first kappa shape index (κ1) is 22.8. The number of likely N-dealkylation sites (tertiary alicyclic amines) is 1. The van der Waals surface area contributed by atoms with Gasteiger partial charge in [0.15, 0.2) is 5.82 Å². The van der Waals surface area contributed by atoms with Crippen molar-refractivity contribution in [1.82, 2.24) is 29.6 Å². The summed E-state index contributed by atoms with van der Waals surface area (Å²) in [4.78, 5) is 26.1. The molecule has 0 saturated carbocycles. The molecule has 0 radical (unpaired) electrons. The summed E-state index contributed by atoms with van der Waals surface area (Å²) in [7, 11) is 0. The maximum atomic E-state index is 14.6. The van der Waals surface area contributed by atoms with Crippen molar-refractivity contribution in [2.45, 2.75) is 59.2 Å². The Morgan fingerprint density at radius 1 is 1.36 bits per heavy atom. The number of nitrogens with zero attached hydrogens (tertiary/aromatic N) is 5. The van der Waals surface area contributed by atoms with Gasteiger partial charge in [0.25, 0.3) is 0 Å². The Labute approximate surface area is 191 Å². The molecule has 1 aliphatic heterocycles. The Balaban J connectivity index is 1.58. The predicted octanol–water partition coefficient (Wildman–Crippen LogP) is 4.11. The van der Waals surface area contributed by atoms with Crippen LogP contribution in [0.5, 0.6) is 0 Å². The predicted molar refractivity (Wildman–Crippen MR) is 124 cm³/mol. The molecule has 0 spiro atoms. The molecule has 0 unspecified atom stereocenters. The van der Waals surface area contributed by atoms with Gasteiger partial charge in [0.05, 0.1) is 17.3 Å². The van der Waals surface area contributed by atoms with Gasteiger partial charge in [0.2, 0.25) is 5.95 Å². The van der Waals surface area contributed by atoms with Crippen LogP contribution in [-0.4, -0.2) is 60.5 Å². The van der Waals surface area contributed by atoms with Crippen LogP contribution in [0.25, 0.3) is 11.0 Å². The van der Waals surface area contributed by atoms with E-state index in [0.29, 0.717) is 30.5 Å². The van der Waals surface area contributed by atoms with E-state index in [9.17, 15) is 9.18 Å². The van der Waals surface area contributed by atoms with Crippen molar-refractivity contribution in [2.75, 3.05) is 23.7 Å². The van der Waals surface area contributed by atoms with E-state index in [2.05, 4.69) is 37.6 Å². The second-order valence-electron chi connectivity index (χ2n) is 9.41. The molecule has 4 heterocycles. The molecule has 178 valence electrons. The van der Waals surface area contributed by atoms with Crippen LogP contribution in [0.3, 0.4) is 0 Å². The fourth-order valence-corrected chi connectivity index (χ4v) is 3.81. The zero-order chi connectivity index (χ0) is 23.8. The molecule has 0 bridgehead atoms. The summed E-state index contributed by atoms with van der Waals surface area (Å²) in [6, 6.07) is -0.130. The van der Waals surface area contributed by atoms with Gasteiger partial charge in [-0.1, -0.05) is 6.92 Å². The molecule has 4 rings (SSSR count). The maximum Gasteiger partial charge on any atom is 0.410 e. The van der Waals surface area contributed by atoms with Crippen LogP contribution < -0.4 is 10.6 Å². The van der Waals surface area contributed by atoms with Crippen LogP contribution in [-0.2, 0) is 11.3 Å². The first-order chi connectivity index (χ1) is 15.6. The number of halogens is 1. The lowest BCUT2D eigenvalue weighted by Crippen LogP contribution is -2.50. The Hall–Kier alpha value is -3.37. The van der Waals surface area contributed by atoms with Gasteiger partial charge in [0.1, 0.15) is 17.1 Å². The third-order valence-electron chi connectivity index (χ3n) is 5.63. The molecule has 3 aromatic rings. The van der Waals surface area contributed by atoms with Gasteiger partial charge in [-0.05, 0) is 40.0 Å². The monoisotopic (exact) mass is 458 g/mol. The lowest BCUT2D eigenvalue weighted by Gasteiger charge is -2.38. The normalized spacial score (nSPS) is 19.0. The van der Waals surface area contributed by atoms with Gasteiger partial charge in [0, 0.05) is 38.1 Å². The summed E-state index contributed by atoms with van der Waals surface area (Å²) >= 11 is 0. The average Bonchev–Trinajstić information content (AvgIpc) is 3.35. The van der Waals surface area contributed by atoms with Crippen molar-refractivity contribution >= 4 is 34.6 Å². The Morgan fingerprint density at radius 3 is 2.85 bits per heavy atom. The van der Waals surface area contributed by atoms with Gasteiger partial charge in [-0.15, -0.1) is 0 Å². The fourth-order valence-electron chi connectivity index (χ4n) is 3.81. The highest BCUT2D eigenvalue weighted by Crippen LogP contribution is 2.29. The minimum atomic E-state index is -0.567. The van der Waals surface area contributed by atoms with Crippen molar-refractivity contribution in [1.29, 1.82) is 0 Å². The van der Waals surface area contributed by atoms with Gasteiger partial charge in [-0.3, -0.25) is 4.68 Å². The molecule has 10 nitrogen and oxygen atoms in total. The average molecular weight is 459 g/mol. The lowest BCUT2D eigenvalue weighted by atomic mass is 9.93. The summed E-state index contributed by atoms with van der Waals surface area (Å²) < 4.78 is 21.9. The van der Waals surface area contributed by atoms with Crippen LogP contribution in [0.1, 0.15) is 41.0 Å². The van der Waals surface area contributed by atoms with E-state index in [1.807, 2.05) is 33.9 Å². The van der Waals surface area contributed by atoms with Crippen molar-refractivity contribution in [3.8, 4) is 0 Å². The number of piperidine rings is 1. The Morgan fingerprint density at radius 2 is 2.15 bits per heavy atom. The first-order valence-corrected chi connectivity index (χ1v) is 11.2. The van der Waals surface area contributed by atoms with Crippen molar-refractivity contribution < 1.29 is 13.9 Å². The second kappa shape index (κ2) is 8.87. The summed E-state index contributed by atoms with van der Waals surface area (Å²) in [5, 5.41) is 11.0. The molecule has 33 heavy (non-hydrogen) atoms. The molecular weight excluding hydrogens is 427 g/mol. The number of aromatic amines is 1. The molecule has 0 aromatic carbocycles. The molecule has 1 aliphatic rings. The number of rotatable bonds is 5. The minimum Gasteiger partial charge on any atom is -0.444 e. The van der Waals surface area contributed by atoms with E-state index >= 15 is 0 Å². The van der Waals surface area contributed by atoms with Crippen molar-refractivity contribution in [3.63, 3.8) is 0 Å². The zero-order valence-electron chi connectivity index (χ0n) is 19.6. The number of carbonyl (C=O) groups is 1. The number of fused-ring (bicyclic) bond motifs is 1. The zero-order valence-corrected chi connectivity index (χ0v) is 19.6. The topological polar surface area (TPSA) is 113 Å². The highest BCUT2D eigenvalue weighted by atomic mass is 19.1. The lowest BCUT2D eigenvalue weighted by molar-refractivity contribution is 0.0176. The van der Waals surface area contributed by atoms with Gasteiger partial charge < -0.3 is 25.3 Å². The molecule has 1 fully saturated rings. The first-order valence-electron chi connectivity index (χ1n) is 11.2. The highest BCUT2D eigenvalue weighted by Gasteiger charge is 2.32. The van der Waals surface area contributed by atoms with Gasteiger partial charge in [-0.2, -0.15) is 15.1 Å². The standard InChI is InChI=1S/C22H31FN8O2/c1-6-31-11-14(9-25-31)26-20-28-18-17(15(23)10-24-18)19(29-20)27-16-12-30(8-7-13(16)2)21(32)33-22(3,4)5/h9-11,13,16H,6-8,12H2,1-5H3,(H3,24,26,27,28,29)/t13-,16+/m1/s1. The largest absolute Gasteiger partial charge is 0.444 e. The smallest absolute Gasteiger partial charge is 0.410 e. The third kappa shape index (κ3) is 5.18. The molecule has 2 atom stereocenters. The molecule has 11 heteroatoms. The maximum absolute atomic E-state index is 14.6. The molecule has 3 N–H and O–H groups in total. The van der Waals surface area contributed by atoms with Gasteiger partial charge in [-0.25, -0.2) is 9.18 Å². The van der Waals surface area contributed by atoms with Gasteiger partial charge >= 0.3 is 6.09 Å². The molecule has 3 aromatic heterocycles. The van der Waals surface area contributed by atoms with Crippen LogP contribution in [0, 0.1) is 11.7 Å². The van der Waals surface area contributed by atoms with E-state index in [-0.39, 0.29) is 23.4 Å². The molecule has 1 amide bonds. The van der Waals surface area contributed by atoms with Crippen LogP contribution in [0.2, 0.25) is 0 Å². The fraction of sp³-hybridized carbons (Fsp3) is 0.545. The number of H-pyrrole nitrogens is 1.